The first-order valence-corrected chi connectivity index (χ1v) is 9.01. The first kappa shape index (κ1) is 21.2. The average Bonchev–Trinajstić information content (AvgIpc) is 2.70. The van der Waals surface area contributed by atoms with Gasteiger partial charge >= 0.3 is 0 Å². The highest BCUT2D eigenvalue weighted by atomic mass is 16.5. The average molecular weight is 385 g/mol. The molecular weight excluding hydrogens is 358 g/mol. The zero-order valence-electron chi connectivity index (χ0n) is 16.7. The minimum Gasteiger partial charge on any atom is -0.497 e. The summed E-state index contributed by atoms with van der Waals surface area (Å²) in [6.45, 7) is 1.52. The van der Waals surface area contributed by atoms with Crippen molar-refractivity contribution in [1.29, 1.82) is 0 Å². The standard InChI is InChI=1S/C21H27N3O4/c1-24(2)13-5-12-22-20(25)15-6-8-16(9-7-15)21(26)23-18-14-17(27-3)10-11-19(18)28-4/h6-11,14H,5,12-13H2,1-4H3,(H,22,25)(H,23,26). The predicted octanol–water partition coefficient (Wildman–Crippen LogP) is 2.64. The molecule has 0 saturated heterocycles. The van der Waals surface area contributed by atoms with Crippen LogP contribution in [0.3, 0.4) is 0 Å². The van der Waals surface area contributed by atoms with E-state index < -0.39 is 0 Å². The Morgan fingerprint density at radius 2 is 1.57 bits per heavy atom. The van der Waals surface area contributed by atoms with E-state index in [1.54, 1.807) is 49.6 Å². The van der Waals surface area contributed by atoms with Crippen LogP contribution in [0, 0.1) is 0 Å². The molecule has 0 atom stereocenters. The van der Waals surface area contributed by atoms with Crippen molar-refractivity contribution < 1.29 is 19.1 Å². The quantitative estimate of drug-likeness (QED) is 0.649. The lowest BCUT2D eigenvalue weighted by atomic mass is 10.1. The van der Waals surface area contributed by atoms with Gasteiger partial charge in [-0.3, -0.25) is 9.59 Å². The van der Waals surface area contributed by atoms with Crippen LogP contribution in [0.5, 0.6) is 11.5 Å². The number of methoxy groups -OCH3 is 2. The number of ether oxygens (including phenoxy) is 2. The van der Waals surface area contributed by atoms with Crippen LogP contribution in [0.15, 0.2) is 42.5 Å². The molecule has 0 aliphatic rings. The minimum absolute atomic E-state index is 0.153. The van der Waals surface area contributed by atoms with Crippen molar-refractivity contribution in [2.75, 3.05) is 46.7 Å². The molecule has 7 heteroatoms. The maximum atomic E-state index is 12.5. The number of amides is 2. The Kier molecular flexibility index (Phi) is 7.83. The van der Waals surface area contributed by atoms with Crippen LogP contribution in [-0.2, 0) is 0 Å². The number of nitrogens with one attached hydrogen (secondary N) is 2. The second-order valence-electron chi connectivity index (χ2n) is 6.51. The second-order valence-corrected chi connectivity index (χ2v) is 6.51. The molecule has 0 aromatic heterocycles. The molecule has 28 heavy (non-hydrogen) atoms. The van der Waals surface area contributed by atoms with Gasteiger partial charge < -0.3 is 25.0 Å². The summed E-state index contributed by atoms with van der Waals surface area (Å²) in [4.78, 5) is 26.8. The number of carbonyl (C=O) groups excluding carboxylic acids is 2. The molecule has 2 aromatic carbocycles. The molecule has 0 fully saturated rings. The molecular formula is C21H27N3O4. The van der Waals surface area contributed by atoms with Gasteiger partial charge in [-0.25, -0.2) is 0 Å². The van der Waals surface area contributed by atoms with E-state index in [0.29, 0.717) is 34.9 Å². The highest BCUT2D eigenvalue weighted by Crippen LogP contribution is 2.29. The van der Waals surface area contributed by atoms with Gasteiger partial charge in [0.15, 0.2) is 0 Å². The number of hydrogen-bond acceptors (Lipinski definition) is 5. The molecule has 2 rings (SSSR count). The monoisotopic (exact) mass is 385 g/mol. The maximum Gasteiger partial charge on any atom is 0.255 e. The molecule has 0 aliphatic carbocycles. The Morgan fingerprint density at radius 1 is 0.929 bits per heavy atom. The Morgan fingerprint density at radius 3 is 2.14 bits per heavy atom. The smallest absolute Gasteiger partial charge is 0.255 e. The van der Waals surface area contributed by atoms with E-state index in [4.69, 9.17) is 9.47 Å². The van der Waals surface area contributed by atoms with Crippen LogP contribution in [-0.4, -0.2) is 58.1 Å². The number of benzene rings is 2. The molecule has 2 aromatic rings. The molecule has 0 heterocycles. The highest BCUT2D eigenvalue weighted by molar-refractivity contribution is 6.05. The first-order valence-electron chi connectivity index (χ1n) is 9.01. The summed E-state index contributed by atoms with van der Waals surface area (Å²) in [6.07, 6.45) is 0.877. The fourth-order valence-corrected chi connectivity index (χ4v) is 2.58. The summed E-state index contributed by atoms with van der Waals surface area (Å²) >= 11 is 0. The molecule has 0 radical (unpaired) electrons. The summed E-state index contributed by atoms with van der Waals surface area (Å²) in [6, 6.07) is 11.7. The summed E-state index contributed by atoms with van der Waals surface area (Å²) in [7, 11) is 7.07. The SMILES string of the molecule is COc1ccc(OC)c(NC(=O)c2ccc(C(=O)NCCCN(C)C)cc2)c1. The van der Waals surface area contributed by atoms with Crippen LogP contribution in [0.25, 0.3) is 0 Å². The summed E-state index contributed by atoms with van der Waals surface area (Å²) in [5, 5.41) is 5.68. The lowest BCUT2D eigenvalue weighted by Gasteiger charge is -2.12. The molecule has 0 bridgehead atoms. The Balaban J connectivity index is 1.99. The number of rotatable bonds is 9. The zero-order valence-corrected chi connectivity index (χ0v) is 16.7. The van der Waals surface area contributed by atoms with E-state index in [1.165, 1.54) is 7.11 Å². The zero-order chi connectivity index (χ0) is 20.5. The van der Waals surface area contributed by atoms with Crippen molar-refractivity contribution in [3.05, 3.63) is 53.6 Å². The fraction of sp³-hybridized carbons (Fsp3) is 0.333. The van der Waals surface area contributed by atoms with Gasteiger partial charge in [0.05, 0.1) is 19.9 Å². The van der Waals surface area contributed by atoms with Crippen molar-refractivity contribution in [2.45, 2.75) is 6.42 Å². The van der Waals surface area contributed by atoms with Gasteiger partial charge in [-0.1, -0.05) is 0 Å². The Bertz CT molecular complexity index is 804. The van der Waals surface area contributed by atoms with Crippen LogP contribution in [0.2, 0.25) is 0 Å². The van der Waals surface area contributed by atoms with E-state index >= 15 is 0 Å². The largest absolute Gasteiger partial charge is 0.497 e. The van der Waals surface area contributed by atoms with Crippen LogP contribution in [0.1, 0.15) is 27.1 Å². The van der Waals surface area contributed by atoms with Crippen LogP contribution < -0.4 is 20.1 Å². The third-order valence-corrected chi connectivity index (χ3v) is 4.13. The van der Waals surface area contributed by atoms with Gasteiger partial charge in [-0.05, 0) is 63.5 Å². The van der Waals surface area contributed by atoms with Crippen molar-refractivity contribution in [3.8, 4) is 11.5 Å². The van der Waals surface area contributed by atoms with Crippen molar-refractivity contribution in [2.24, 2.45) is 0 Å². The molecule has 7 nitrogen and oxygen atoms in total. The van der Waals surface area contributed by atoms with E-state index in [2.05, 4.69) is 15.5 Å². The Hall–Kier alpha value is -3.06. The van der Waals surface area contributed by atoms with E-state index in [1.807, 2.05) is 14.1 Å². The van der Waals surface area contributed by atoms with Crippen LogP contribution >= 0.6 is 0 Å². The lowest BCUT2D eigenvalue weighted by molar-refractivity contribution is 0.0950. The second kappa shape index (κ2) is 10.3. The molecule has 0 saturated carbocycles. The van der Waals surface area contributed by atoms with Crippen LogP contribution in [0.4, 0.5) is 5.69 Å². The summed E-state index contributed by atoms with van der Waals surface area (Å²) in [5.41, 5.74) is 1.46. The summed E-state index contributed by atoms with van der Waals surface area (Å²) < 4.78 is 10.5. The van der Waals surface area contributed by atoms with E-state index in [9.17, 15) is 9.59 Å². The molecule has 0 aliphatic heterocycles. The van der Waals surface area contributed by atoms with E-state index in [-0.39, 0.29) is 11.8 Å². The van der Waals surface area contributed by atoms with Crippen molar-refractivity contribution in [3.63, 3.8) is 0 Å². The van der Waals surface area contributed by atoms with Gasteiger partial charge in [-0.15, -0.1) is 0 Å². The predicted molar refractivity (Wildman–Crippen MR) is 109 cm³/mol. The van der Waals surface area contributed by atoms with Gasteiger partial charge in [0, 0.05) is 23.7 Å². The minimum atomic E-state index is -0.301. The highest BCUT2D eigenvalue weighted by Gasteiger charge is 2.12. The first-order chi connectivity index (χ1) is 13.4. The third-order valence-electron chi connectivity index (χ3n) is 4.13. The fourth-order valence-electron chi connectivity index (χ4n) is 2.58. The molecule has 2 amide bonds. The molecule has 150 valence electrons. The number of carbonyl (C=O) groups is 2. The van der Waals surface area contributed by atoms with Gasteiger partial charge in [0.25, 0.3) is 11.8 Å². The van der Waals surface area contributed by atoms with Crippen molar-refractivity contribution in [1.82, 2.24) is 10.2 Å². The normalized spacial score (nSPS) is 10.5. The van der Waals surface area contributed by atoms with Gasteiger partial charge in [0.1, 0.15) is 11.5 Å². The van der Waals surface area contributed by atoms with Gasteiger partial charge in [0.2, 0.25) is 0 Å². The topological polar surface area (TPSA) is 79.9 Å². The molecule has 0 unspecified atom stereocenters. The Labute approximate surface area is 165 Å². The number of hydrogen-bond donors (Lipinski definition) is 2. The lowest BCUT2D eigenvalue weighted by Crippen LogP contribution is -2.27. The third kappa shape index (κ3) is 5.99. The molecule has 2 N–H and O–H groups in total. The molecule has 0 spiro atoms. The van der Waals surface area contributed by atoms with Gasteiger partial charge in [-0.2, -0.15) is 0 Å². The van der Waals surface area contributed by atoms with Crippen molar-refractivity contribution >= 4 is 17.5 Å². The number of nitrogens with zero attached hydrogens (tertiary/aromatic N) is 1. The number of anilines is 1. The van der Waals surface area contributed by atoms with E-state index in [0.717, 1.165) is 13.0 Å². The summed E-state index contributed by atoms with van der Waals surface area (Å²) in [5.74, 6) is 0.685. The maximum absolute atomic E-state index is 12.5.